The van der Waals surface area contributed by atoms with Gasteiger partial charge in [0.15, 0.2) is 5.60 Å². The third kappa shape index (κ3) is 1.13. The number of rotatable bonds is 1. The van der Waals surface area contributed by atoms with Gasteiger partial charge in [-0.3, -0.25) is 0 Å². The van der Waals surface area contributed by atoms with E-state index in [4.69, 9.17) is 0 Å². The Hall–Kier alpha value is -1.35. The summed E-state index contributed by atoms with van der Waals surface area (Å²) in [6.45, 7) is 0. The Morgan fingerprint density at radius 1 is 1.50 bits per heavy atom. The summed E-state index contributed by atoms with van der Waals surface area (Å²) in [4.78, 5) is 11.4. The van der Waals surface area contributed by atoms with Gasteiger partial charge in [0.25, 0.3) is 0 Å². The highest BCUT2D eigenvalue weighted by molar-refractivity contribution is 5.82. The Morgan fingerprint density at radius 3 is 2.93 bits per heavy atom. The zero-order valence-electron chi connectivity index (χ0n) is 7.99. The first-order chi connectivity index (χ1) is 6.68. The SMILES string of the molecule is COC(=O)C1(O)CCc2ccccc21. The minimum absolute atomic E-state index is 0.416. The van der Waals surface area contributed by atoms with Crippen LogP contribution in [0.25, 0.3) is 0 Å². The molecule has 74 valence electrons. The van der Waals surface area contributed by atoms with Gasteiger partial charge >= 0.3 is 5.97 Å². The third-order valence-electron chi connectivity index (χ3n) is 2.74. The minimum atomic E-state index is -1.43. The van der Waals surface area contributed by atoms with Gasteiger partial charge in [0, 0.05) is 0 Å². The molecule has 1 aromatic carbocycles. The van der Waals surface area contributed by atoms with E-state index < -0.39 is 11.6 Å². The van der Waals surface area contributed by atoms with E-state index >= 15 is 0 Å². The van der Waals surface area contributed by atoms with Crippen LogP contribution in [0.1, 0.15) is 17.5 Å². The lowest BCUT2D eigenvalue weighted by molar-refractivity contribution is -0.163. The van der Waals surface area contributed by atoms with Crippen LogP contribution in [0.2, 0.25) is 0 Å². The molecule has 0 aromatic heterocycles. The highest BCUT2D eigenvalue weighted by atomic mass is 16.5. The van der Waals surface area contributed by atoms with Crippen molar-refractivity contribution in [2.75, 3.05) is 7.11 Å². The number of carbonyl (C=O) groups is 1. The number of ether oxygens (including phenoxy) is 1. The summed E-state index contributed by atoms with van der Waals surface area (Å²) in [6.07, 6.45) is 1.14. The second kappa shape index (κ2) is 3.10. The predicted molar refractivity (Wildman–Crippen MR) is 50.7 cm³/mol. The molecule has 1 aliphatic rings. The average molecular weight is 192 g/mol. The van der Waals surface area contributed by atoms with Gasteiger partial charge in [-0.25, -0.2) is 4.79 Å². The zero-order valence-corrected chi connectivity index (χ0v) is 7.99. The van der Waals surface area contributed by atoms with Crippen molar-refractivity contribution in [3.05, 3.63) is 35.4 Å². The molecule has 0 fully saturated rings. The maximum Gasteiger partial charge on any atom is 0.342 e. The molecule has 14 heavy (non-hydrogen) atoms. The molecule has 0 aliphatic heterocycles. The smallest absolute Gasteiger partial charge is 0.342 e. The van der Waals surface area contributed by atoms with Crippen molar-refractivity contribution in [2.45, 2.75) is 18.4 Å². The lowest BCUT2D eigenvalue weighted by Gasteiger charge is -2.20. The molecule has 1 unspecified atom stereocenters. The molecule has 0 saturated heterocycles. The molecule has 0 amide bonds. The summed E-state index contributed by atoms with van der Waals surface area (Å²) in [5.74, 6) is -0.567. The number of carbonyl (C=O) groups excluding carboxylic acids is 1. The quantitative estimate of drug-likeness (QED) is 0.675. The summed E-state index contributed by atoms with van der Waals surface area (Å²) < 4.78 is 4.61. The minimum Gasteiger partial charge on any atom is -0.467 e. The number of hydrogen-bond acceptors (Lipinski definition) is 3. The van der Waals surface area contributed by atoms with Crippen LogP contribution in [0.15, 0.2) is 24.3 Å². The van der Waals surface area contributed by atoms with Gasteiger partial charge in [-0.1, -0.05) is 24.3 Å². The van der Waals surface area contributed by atoms with E-state index in [1.54, 1.807) is 6.07 Å². The lowest BCUT2D eigenvalue weighted by Crippen LogP contribution is -2.34. The number of benzene rings is 1. The van der Waals surface area contributed by atoms with Gasteiger partial charge in [0.05, 0.1) is 7.11 Å². The zero-order chi connectivity index (χ0) is 10.2. The lowest BCUT2D eigenvalue weighted by atomic mass is 9.96. The predicted octanol–water partition coefficient (Wildman–Crippen LogP) is 0.993. The third-order valence-corrected chi connectivity index (χ3v) is 2.74. The van der Waals surface area contributed by atoms with Crippen molar-refractivity contribution in [1.82, 2.24) is 0 Å². The van der Waals surface area contributed by atoms with Gasteiger partial charge in [-0.15, -0.1) is 0 Å². The Labute approximate surface area is 82.3 Å². The number of fused-ring (bicyclic) bond motifs is 1. The van der Waals surface area contributed by atoms with Crippen LogP contribution < -0.4 is 0 Å². The molecule has 3 heteroatoms. The Morgan fingerprint density at radius 2 is 2.21 bits per heavy atom. The monoisotopic (exact) mass is 192 g/mol. The van der Waals surface area contributed by atoms with Crippen LogP contribution in [0.4, 0.5) is 0 Å². The van der Waals surface area contributed by atoms with Crippen molar-refractivity contribution >= 4 is 5.97 Å². The first-order valence-electron chi connectivity index (χ1n) is 4.57. The largest absolute Gasteiger partial charge is 0.467 e. The fraction of sp³-hybridized carbons (Fsp3) is 0.364. The molecular weight excluding hydrogens is 180 g/mol. The van der Waals surface area contributed by atoms with Crippen LogP contribution in [0, 0.1) is 0 Å². The van der Waals surface area contributed by atoms with Crippen LogP contribution in [0.5, 0.6) is 0 Å². The van der Waals surface area contributed by atoms with Gasteiger partial charge in [-0.05, 0) is 24.0 Å². The molecule has 1 atom stereocenters. The highest BCUT2D eigenvalue weighted by Gasteiger charge is 2.44. The molecule has 1 aromatic rings. The Kier molecular flexibility index (Phi) is 2.04. The second-order valence-corrected chi connectivity index (χ2v) is 3.51. The Bertz CT molecular complexity index is 373. The number of hydrogen-bond donors (Lipinski definition) is 1. The van der Waals surface area contributed by atoms with Crippen molar-refractivity contribution < 1.29 is 14.6 Å². The molecular formula is C11H12O3. The van der Waals surface area contributed by atoms with Crippen molar-refractivity contribution in [3.8, 4) is 0 Å². The normalized spacial score (nSPS) is 24.4. The average Bonchev–Trinajstić information content (AvgIpc) is 2.58. The molecule has 0 spiro atoms. The topological polar surface area (TPSA) is 46.5 Å². The van der Waals surface area contributed by atoms with Crippen LogP contribution >= 0.6 is 0 Å². The van der Waals surface area contributed by atoms with Crippen LogP contribution in [-0.2, 0) is 21.6 Å². The molecule has 0 radical (unpaired) electrons. The molecule has 0 saturated carbocycles. The summed E-state index contributed by atoms with van der Waals surface area (Å²) in [7, 11) is 1.29. The molecule has 1 aliphatic carbocycles. The Balaban J connectivity index is 2.47. The van der Waals surface area contributed by atoms with E-state index in [-0.39, 0.29) is 0 Å². The number of aliphatic hydroxyl groups is 1. The fourth-order valence-corrected chi connectivity index (χ4v) is 1.97. The summed E-state index contributed by atoms with van der Waals surface area (Å²) in [6, 6.07) is 7.43. The first kappa shape index (κ1) is 9.21. The van der Waals surface area contributed by atoms with Crippen molar-refractivity contribution in [1.29, 1.82) is 0 Å². The van der Waals surface area contributed by atoms with E-state index in [1.165, 1.54) is 7.11 Å². The number of esters is 1. The van der Waals surface area contributed by atoms with Crippen molar-refractivity contribution in [3.63, 3.8) is 0 Å². The first-order valence-corrected chi connectivity index (χ1v) is 4.57. The van der Waals surface area contributed by atoms with E-state index in [9.17, 15) is 9.90 Å². The van der Waals surface area contributed by atoms with E-state index in [1.807, 2.05) is 18.2 Å². The molecule has 0 heterocycles. The number of methoxy groups -OCH3 is 1. The maximum absolute atomic E-state index is 11.4. The molecule has 1 N–H and O–H groups in total. The van der Waals surface area contributed by atoms with Crippen molar-refractivity contribution in [2.24, 2.45) is 0 Å². The van der Waals surface area contributed by atoms with Crippen LogP contribution in [0.3, 0.4) is 0 Å². The second-order valence-electron chi connectivity index (χ2n) is 3.51. The highest BCUT2D eigenvalue weighted by Crippen LogP contribution is 2.37. The van der Waals surface area contributed by atoms with Gasteiger partial charge in [-0.2, -0.15) is 0 Å². The van der Waals surface area contributed by atoms with Gasteiger partial charge in [0.1, 0.15) is 0 Å². The molecule has 0 bridgehead atoms. The molecule has 2 rings (SSSR count). The fourth-order valence-electron chi connectivity index (χ4n) is 1.97. The van der Waals surface area contributed by atoms with Gasteiger partial charge in [0.2, 0.25) is 0 Å². The van der Waals surface area contributed by atoms with E-state index in [0.717, 1.165) is 12.0 Å². The molecule has 3 nitrogen and oxygen atoms in total. The van der Waals surface area contributed by atoms with Crippen LogP contribution in [-0.4, -0.2) is 18.2 Å². The standard InChI is InChI=1S/C11H12O3/c1-14-10(12)11(13)7-6-8-4-2-3-5-9(8)11/h2-5,13H,6-7H2,1H3. The number of aryl methyl sites for hydroxylation is 1. The van der Waals surface area contributed by atoms with E-state index in [2.05, 4.69) is 4.74 Å². The summed E-state index contributed by atoms with van der Waals surface area (Å²) in [5.41, 5.74) is 0.290. The van der Waals surface area contributed by atoms with Gasteiger partial charge < -0.3 is 9.84 Å². The maximum atomic E-state index is 11.4. The summed E-state index contributed by atoms with van der Waals surface area (Å²) >= 11 is 0. The van der Waals surface area contributed by atoms with E-state index in [0.29, 0.717) is 12.0 Å². The summed E-state index contributed by atoms with van der Waals surface area (Å²) in [5, 5.41) is 10.1.